The summed E-state index contributed by atoms with van der Waals surface area (Å²) in [4.78, 5) is 2.32. The Labute approximate surface area is 121 Å². The summed E-state index contributed by atoms with van der Waals surface area (Å²) in [6, 6.07) is 4.18. The first-order chi connectivity index (χ1) is 9.52. The van der Waals surface area contributed by atoms with Gasteiger partial charge in [-0.1, -0.05) is 6.92 Å². The van der Waals surface area contributed by atoms with E-state index in [2.05, 4.69) is 16.5 Å². The number of rotatable bonds is 6. The van der Waals surface area contributed by atoms with E-state index < -0.39 is 10.0 Å². The van der Waals surface area contributed by atoms with Gasteiger partial charge < -0.3 is 4.42 Å². The number of piperidine rings is 1. The van der Waals surface area contributed by atoms with Gasteiger partial charge in [0.05, 0.1) is 18.1 Å². The maximum Gasteiger partial charge on any atom is 0.211 e. The molecule has 1 N–H and O–H groups in total. The molecule has 1 aromatic heterocycles. The van der Waals surface area contributed by atoms with E-state index in [4.69, 9.17) is 4.42 Å². The summed E-state index contributed by atoms with van der Waals surface area (Å²) in [5.41, 5.74) is 0. The highest BCUT2D eigenvalue weighted by molar-refractivity contribution is 7.89. The number of likely N-dealkylation sites (tertiary alicyclic amines) is 1. The summed E-state index contributed by atoms with van der Waals surface area (Å²) in [6.07, 6.45) is 3.92. The molecule has 0 amide bonds. The third-order valence-corrected chi connectivity index (χ3v) is 5.35. The lowest BCUT2D eigenvalue weighted by Gasteiger charge is -2.37. The van der Waals surface area contributed by atoms with Crippen molar-refractivity contribution >= 4 is 10.0 Å². The first-order valence-electron chi connectivity index (χ1n) is 7.26. The summed E-state index contributed by atoms with van der Waals surface area (Å²) in [7, 11) is -3.10. The molecular formula is C14H24N2O3S. The summed E-state index contributed by atoms with van der Waals surface area (Å²) in [5, 5.41) is 0. The Morgan fingerprint density at radius 3 is 2.95 bits per heavy atom. The summed E-state index contributed by atoms with van der Waals surface area (Å²) < 4.78 is 31.1. The summed E-state index contributed by atoms with van der Waals surface area (Å²) in [5.74, 6) is 1.79. The summed E-state index contributed by atoms with van der Waals surface area (Å²) in [6.45, 7) is 6.07. The Morgan fingerprint density at radius 2 is 2.30 bits per heavy atom. The van der Waals surface area contributed by atoms with Crippen LogP contribution >= 0.6 is 0 Å². The predicted octanol–water partition coefficient (Wildman–Crippen LogP) is 1.99. The first kappa shape index (κ1) is 15.5. The molecule has 1 aromatic rings. The molecule has 2 rings (SSSR count). The Balaban J connectivity index is 1.94. The minimum Gasteiger partial charge on any atom is -0.468 e. The SMILES string of the molecule is CCS(=O)(=O)NCCN1CCC(C)CC1c1ccco1. The van der Waals surface area contributed by atoms with Gasteiger partial charge in [0.15, 0.2) is 0 Å². The minimum atomic E-state index is -3.10. The summed E-state index contributed by atoms with van der Waals surface area (Å²) >= 11 is 0. The Bertz CT molecular complexity index is 498. The lowest BCUT2D eigenvalue weighted by Crippen LogP contribution is -2.41. The van der Waals surface area contributed by atoms with Crippen molar-refractivity contribution in [1.82, 2.24) is 9.62 Å². The van der Waals surface area contributed by atoms with Gasteiger partial charge in [0.1, 0.15) is 5.76 Å². The Morgan fingerprint density at radius 1 is 1.50 bits per heavy atom. The molecule has 0 aromatic carbocycles. The molecule has 2 heterocycles. The van der Waals surface area contributed by atoms with E-state index in [-0.39, 0.29) is 11.8 Å². The molecule has 0 saturated carbocycles. The van der Waals surface area contributed by atoms with Gasteiger partial charge in [-0.05, 0) is 44.4 Å². The molecule has 1 aliphatic rings. The molecule has 1 aliphatic heterocycles. The quantitative estimate of drug-likeness (QED) is 0.873. The lowest BCUT2D eigenvalue weighted by atomic mass is 9.91. The van der Waals surface area contributed by atoms with Crippen molar-refractivity contribution in [2.75, 3.05) is 25.4 Å². The van der Waals surface area contributed by atoms with Crippen LogP contribution in [0, 0.1) is 5.92 Å². The zero-order chi connectivity index (χ0) is 14.6. The van der Waals surface area contributed by atoms with Crippen LogP contribution in [0.3, 0.4) is 0 Å². The Kier molecular flexibility index (Phi) is 5.23. The van der Waals surface area contributed by atoms with E-state index in [1.807, 2.05) is 12.1 Å². The van der Waals surface area contributed by atoms with Crippen molar-refractivity contribution < 1.29 is 12.8 Å². The second-order valence-electron chi connectivity index (χ2n) is 5.49. The van der Waals surface area contributed by atoms with Crippen molar-refractivity contribution in [2.24, 2.45) is 5.92 Å². The van der Waals surface area contributed by atoms with E-state index in [1.165, 1.54) is 0 Å². The molecular weight excluding hydrogens is 276 g/mol. The maximum atomic E-state index is 11.5. The molecule has 2 unspecified atom stereocenters. The smallest absolute Gasteiger partial charge is 0.211 e. The number of sulfonamides is 1. The fourth-order valence-corrected chi connectivity index (χ4v) is 3.29. The molecule has 0 bridgehead atoms. The molecule has 1 saturated heterocycles. The highest BCUT2D eigenvalue weighted by Crippen LogP contribution is 2.33. The molecule has 1 fully saturated rings. The van der Waals surface area contributed by atoms with Gasteiger partial charge >= 0.3 is 0 Å². The topological polar surface area (TPSA) is 62.6 Å². The highest BCUT2D eigenvalue weighted by Gasteiger charge is 2.29. The number of hydrogen-bond donors (Lipinski definition) is 1. The first-order valence-corrected chi connectivity index (χ1v) is 8.92. The van der Waals surface area contributed by atoms with Crippen molar-refractivity contribution in [2.45, 2.75) is 32.7 Å². The van der Waals surface area contributed by atoms with Crippen molar-refractivity contribution in [1.29, 1.82) is 0 Å². The molecule has 114 valence electrons. The monoisotopic (exact) mass is 300 g/mol. The van der Waals surface area contributed by atoms with Crippen molar-refractivity contribution in [3.63, 3.8) is 0 Å². The van der Waals surface area contributed by atoms with Gasteiger partial charge in [-0.2, -0.15) is 0 Å². The van der Waals surface area contributed by atoms with Crippen molar-refractivity contribution in [3.8, 4) is 0 Å². The third kappa shape index (κ3) is 4.07. The zero-order valence-electron chi connectivity index (χ0n) is 12.2. The standard InChI is InChI=1S/C14H24N2O3S/c1-3-20(17,18)15-7-9-16-8-6-12(2)11-13(16)14-5-4-10-19-14/h4-5,10,12-13,15H,3,6-9,11H2,1-2H3. The van der Waals surface area contributed by atoms with Crippen LogP contribution in [0.25, 0.3) is 0 Å². The van der Waals surface area contributed by atoms with Gasteiger partial charge in [-0.25, -0.2) is 13.1 Å². The van der Waals surface area contributed by atoms with Crippen molar-refractivity contribution in [3.05, 3.63) is 24.2 Å². The van der Waals surface area contributed by atoms with Crippen LogP contribution in [0.1, 0.15) is 38.5 Å². The van der Waals surface area contributed by atoms with Crippen LogP contribution in [0.15, 0.2) is 22.8 Å². The average Bonchev–Trinajstić information content (AvgIpc) is 2.94. The molecule has 0 radical (unpaired) electrons. The normalized spacial score (nSPS) is 24.9. The molecule has 5 nitrogen and oxygen atoms in total. The third-order valence-electron chi connectivity index (χ3n) is 3.95. The largest absolute Gasteiger partial charge is 0.468 e. The van der Waals surface area contributed by atoms with E-state index in [0.29, 0.717) is 12.5 Å². The van der Waals surface area contributed by atoms with Crippen LogP contribution in [-0.2, 0) is 10.0 Å². The zero-order valence-corrected chi connectivity index (χ0v) is 13.0. The number of nitrogens with zero attached hydrogens (tertiary/aromatic N) is 1. The molecule has 2 atom stereocenters. The maximum absolute atomic E-state index is 11.5. The number of nitrogens with one attached hydrogen (secondary N) is 1. The second kappa shape index (κ2) is 6.74. The highest BCUT2D eigenvalue weighted by atomic mass is 32.2. The van der Waals surface area contributed by atoms with E-state index in [1.54, 1.807) is 13.2 Å². The van der Waals surface area contributed by atoms with Crippen LogP contribution in [0.4, 0.5) is 0 Å². The van der Waals surface area contributed by atoms with E-state index in [0.717, 1.165) is 31.7 Å². The van der Waals surface area contributed by atoms with Gasteiger partial charge in [-0.15, -0.1) is 0 Å². The van der Waals surface area contributed by atoms with Crippen LogP contribution in [0.5, 0.6) is 0 Å². The Hall–Kier alpha value is -0.850. The fourth-order valence-electron chi connectivity index (χ4n) is 2.68. The molecule has 20 heavy (non-hydrogen) atoms. The molecule has 0 spiro atoms. The number of furan rings is 1. The predicted molar refractivity (Wildman–Crippen MR) is 78.9 cm³/mol. The molecule has 6 heteroatoms. The second-order valence-corrected chi connectivity index (χ2v) is 7.59. The van der Waals surface area contributed by atoms with Gasteiger partial charge in [0.25, 0.3) is 0 Å². The fraction of sp³-hybridized carbons (Fsp3) is 0.714. The number of hydrogen-bond acceptors (Lipinski definition) is 4. The van der Waals surface area contributed by atoms with Crippen LogP contribution < -0.4 is 4.72 Å². The lowest BCUT2D eigenvalue weighted by molar-refractivity contribution is 0.104. The van der Waals surface area contributed by atoms with E-state index in [9.17, 15) is 8.42 Å². The molecule has 0 aliphatic carbocycles. The average molecular weight is 300 g/mol. The van der Waals surface area contributed by atoms with Crippen LogP contribution in [0.2, 0.25) is 0 Å². The van der Waals surface area contributed by atoms with E-state index >= 15 is 0 Å². The van der Waals surface area contributed by atoms with Gasteiger partial charge in [0, 0.05) is 13.1 Å². The van der Waals surface area contributed by atoms with Crippen LogP contribution in [-0.4, -0.2) is 38.7 Å². The van der Waals surface area contributed by atoms with Gasteiger partial charge in [0.2, 0.25) is 10.0 Å². The minimum absolute atomic E-state index is 0.131. The van der Waals surface area contributed by atoms with Gasteiger partial charge in [-0.3, -0.25) is 4.90 Å².